The zero-order chi connectivity index (χ0) is 29.6. The van der Waals surface area contributed by atoms with E-state index in [1.165, 1.54) is 44.1 Å². The van der Waals surface area contributed by atoms with Crippen molar-refractivity contribution in [2.45, 2.75) is 26.9 Å². The summed E-state index contributed by atoms with van der Waals surface area (Å²) < 4.78 is 4.58. The first-order chi connectivity index (χ1) is 21.7. The Balaban J connectivity index is 1.22. The van der Waals surface area contributed by atoms with E-state index in [2.05, 4.69) is 156 Å². The third kappa shape index (κ3) is 4.30. The molecule has 4 nitrogen and oxygen atoms in total. The molecule has 0 aliphatic heterocycles. The molecule has 0 unspecified atom stereocenters. The highest BCUT2D eigenvalue weighted by Gasteiger charge is 2.15. The van der Waals surface area contributed by atoms with Crippen molar-refractivity contribution in [1.29, 1.82) is 0 Å². The number of benzene rings is 6. The molecule has 0 amide bonds. The summed E-state index contributed by atoms with van der Waals surface area (Å²) in [5.74, 6) is 2.01. The summed E-state index contributed by atoms with van der Waals surface area (Å²) in [7, 11) is 0. The van der Waals surface area contributed by atoms with Crippen LogP contribution in [0.25, 0.3) is 77.9 Å². The lowest BCUT2D eigenvalue weighted by Crippen LogP contribution is -1.97. The highest BCUT2D eigenvalue weighted by atomic mass is 15.1. The van der Waals surface area contributed by atoms with Gasteiger partial charge in [-0.3, -0.25) is 0 Å². The molecule has 0 radical (unpaired) electrons. The Morgan fingerprint density at radius 3 is 1.20 bits per heavy atom. The summed E-state index contributed by atoms with van der Waals surface area (Å²) in [6.07, 6.45) is 0. The Hall–Kier alpha value is -5.48. The topological polar surface area (TPSA) is 35.6 Å². The van der Waals surface area contributed by atoms with Crippen molar-refractivity contribution in [1.82, 2.24) is 19.1 Å². The van der Waals surface area contributed by atoms with Gasteiger partial charge in [0.2, 0.25) is 0 Å². The van der Waals surface area contributed by atoms with Crippen LogP contribution in [0.1, 0.15) is 13.8 Å². The normalized spacial score (nSPS) is 11.6. The van der Waals surface area contributed by atoms with Gasteiger partial charge in [-0.05, 0) is 83.3 Å². The lowest BCUT2D eigenvalue weighted by molar-refractivity contribution is 0.796. The van der Waals surface area contributed by atoms with E-state index in [1.807, 2.05) is 0 Å². The fraction of sp³-hybridized carbons (Fsp3) is 0.100. The van der Waals surface area contributed by atoms with E-state index < -0.39 is 0 Å². The molecule has 212 valence electrons. The molecule has 8 aromatic rings. The molecule has 0 spiro atoms. The Morgan fingerprint density at radius 2 is 0.795 bits per heavy atom. The van der Waals surface area contributed by atoms with E-state index >= 15 is 0 Å². The number of hydrogen-bond donors (Lipinski definition) is 0. The van der Waals surface area contributed by atoms with E-state index in [-0.39, 0.29) is 0 Å². The number of nitrogens with zero attached hydrogens (tertiary/aromatic N) is 4. The molecule has 0 aliphatic carbocycles. The highest BCUT2D eigenvalue weighted by Crippen LogP contribution is 2.38. The fourth-order valence-electron chi connectivity index (χ4n) is 6.55. The minimum Gasteiger partial charge on any atom is -0.324 e. The predicted octanol–water partition coefficient (Wildman–Crippen LogP) is 10.2. The zero-order valence-corrected chi connectivity index (χ0v) is 24.9. The van der Waals surface area contributed by atoms with Crippen molar-refractivity contribution in [3.63, 3.8) is 0 Å². The third-order valence-corrected chi connectivity index (χ3v) is 8.74. The van der Waals surface area contributed by atoms with Gasteiger partial charge in [-0.1, -0.05) is 97.1 Å². The maximum Gasteiger partial charge on any atom is 0.141 e. The number of aromatic nitrogens is 4. The van der Waals surface area contributed by atoms with Crippen molar-refractivity contribution in [2.75, 3.05) is 0 Å². The van der Waals surface area contributed by atoms with Crippen molar-refractivity contribution < 1.29 is 0 Å². The number of hydrogen-bond acceptors (Lipinski definition) is 2. The maximum absolute atomic E-state index is 4.98. The van der Waals surface area contributed by atoms with Crippen molar-refractivity contribution in [2.24, 2.45) is 0 Å². The van der Waals surface area contributed by atoms with Gasteiger partial charge >= 0.3 is 0 Å². The van der Waals surface area contributed by atoms with Crippen LogP contribution in [0.15, 0.2) is 133 Å². The molecule has 0 fully saturated rings. The Morgan fingerprint density at radius 1 is 0.432 bits per heavy atom. The summed E-state index contributed by atoms with van der Waals surface area (Å²) >= 11 is 0. The summed E-state index contributed by atoms with van der Waals surface area (Å²) in [5, 5.41) is 2.47. The first-order valence-electron chi connectivity index (χ1n) is 15.4. The van der Waals surface area contributed by atoms with Crippen LogP contribution >= 0.6 is 0 Å². The van der Waals surface area contributed by atoms with Crippen molar-refractivity contribution in [3.05, 3.63) is 133 Å². The summed E-state index contributed by atoms with van der Waals surface area (Å²) in [6, 6.07) is 47.8. The molecule has 4 heteroatoms. The smallest absolute Gasteiger partial charge is 0.141 e. The van der Waals surface area contributed by atoms with Crippen LogP contribution in [0, 0.1) is 0 Å². The van der Waals surface area contributed by atoms with Crippen LogP contribution in [-0.4, -0.2) is 19.1 Å². The quantitative estimate of drug-likeness (QED) is 0.200. The molecule has 0 N–H and O–H groups in total. The van der Waals surface area contributed by atoms with Crippen molar-refractivity contribution in [3.8, 4) is 45.0 Å². The second-order valence-corrected chi connectivity index (χ2v) is 11.2. The van der Waals surface area contributed by atoms with E-state index in [9.17, 15) is 0 Å². The molecular weight excluding hydrogens is 536 g/mol. The molecule has 2 aromatic heterocycles. The van der Waals surface area contributed by atoms with Gasteiger partial charge in [-0.25, -0.2) is 9.97 Å². The van der Waals surface area contributed by atoms with Crippen LogP contribution < -0.4 is 0 Å². The van der Waals surface area contributed by atoms with Gasteiger partial charge in [0.25, 0.3) is 0 Å². The molecule has 0 aliphatic rings. The van der Waals surface area contributed by atoms with E-state index in [0.29, 0.717) is 0 Å². The van der Waals surface area contributed by atoms with Gasteiger partial charge in [0.05, 0.1) is 22.1 Å². The van der Waals surface area contributed by atoms with Gasteiger partial charge in [0, 0.05) is 24.2 Å². The first-order valence-corrected chi connectivity index (χ1v) is 15.4. The summed E-state index contributed by atoms with van der Waals surface area (Å²) in [6.45, 7) is 6.10. The minimum absolute atomic E-state index is 0.872. The van der Waals surface area contributed by atoms with Crippen LogP contribution in [-0.2, 0) is 13.1 Å². The van der Waals surface area contributed by atoms with Gasteiger partial charge in [-0.2, -0.15) is 0 Å². The average molecular weight is 569 g/mol. The second kappa shape index (κ2) is 10.7. The highest BCUT2D eigenvalue weighted by molar-refractivity contribution is 5.97. The van der Waals surface area contributed by atoms with Crippen LogP contribution in [0.3, 0.4) is 0 Å². The molecule has 6 aromatic carbocycles. The number of aryl methyl sites for hydroxylation is 2. The van der Waals surface area contributed by atoms with Crippen LogP contribution in [0.5, 0.6) is 0 Å². The lowest BCUT2D eigenvalue weighted by Gasteiger charge is -2.14. The molecule has 8 rings (SSSR count). The Labute approximate surface area is 256 Å². The standard InChI is InChI=1S/C40H32N4/c1-3-43-37-15-9-7-13-35(37)41-39(43)29-21-17-27(18-22-29)33-25-31-11-5-6-12-32(31)26-34(33)28-19-23-30(24-20-28)40-42-36-14-8-10-16-38(36)44(40)4-2/h5-26H,3-4H2,1-2H3. The van der Waals surface area contributed by atoms with Crippen LogP contribution in [0.4, 0.5) is 0 Å². The zero-order valence-electron chi connectivity index (χ0n) is 24.9. The van der Waals surface area contributed by atoms with Gasteiger partial charge in [-0.15, -0.1) is 0 Å². The van der Waals surface area contributed by atoms with Crippen LogP contribution in [0.2, 0.25) is 0 Å². The average Bonchev–Trinajstić information content (AvgIpc) is 3.66. The molecule has 0 saturated carbocycles. The van der Waals surface area contributed by atoms with Gasteiger partial charge < -0.3 is 9.13 Å². The molecule has 0 saturated heterocycles. The number of fused-ring (bicyclic) bond motifs is 3. The monoisotopic (exact) mass is 568 g/mol. The molecule has 0 atom stereocenters. The number of rotatable bonds is 6. The van der Waals surface area contributed by atoms with E-state index in [4.69, 9.17) is 9.97 Å². The number of para-hydroxylation sites is 4. The maximum atomic E-state index is 4.98. The lowest BCUT2D eigenvalue weighted by atomic mass is 9.90. The van der Waals surface area contributed by atoms with Gasteiger partial charge in [0.1, 0.15) is 11.6 Å². The largest absolute Gasteiger partial charge is 0.324 e. The first kappa shape index (κ1) is 26.2. The SMILES string of the molecule is CCn1c(-c2ccc(-c3cc4ccccc4cc3-c3ccc(-c4nc5ccccc5n4CC)cc3)cc2)nc2ccccc21. The third-order valence-electron chi connectivity index (χ3n) is 8.74. The summed E-state index contributed by atoms with van der Waals surface area (Å²) in [4.78, 5) is 9.96. The molecule has 44 heavy (non-hydrogen) atoms. The molecule has 0 bridgehead atoms. The van der Waals surface area contributed by atoms with Crippen molar-refractivity contribution >= 4 is 32.8 Å². The number of imidazole rings is 2. The Bertz CT molecular complexity index is 2120. The predicted molar refractivity (Wildman–Crippen MR) is 184 cm³/mol. The second-order valence-electron chi connectivity index (χ2n) is 11.2. The summed E-state index contributed by atoms with van der Waals surface area (Å²) in [5.41, 5.74) is 11.4. The molecule has 2 heterocycles. The minimum atomic E-state index is 0.872. The van der Waals surface area contributed by atoms with Gasteiger partial charge in [0.15, 0.2) is 0 Å². The molecular formula is C40H32N4. The van der Waals surface area contributed by atoms with E-state index in [0.717, 1.165) is 46.9 Å². The fourth-order valence-corrected chi connectivity index (χ4v) is 6.55. The van der Waals surface area contributed by atoms with E-state index in [1.54, 1.807) is 0 Å². The Kier molecular flexibility index (Phi) is 6.34.